The van der Waals surface area contributed by atoms with Gasteiger partial charge in [-0.3, -0.25) is 0 Å². The minimum Gasteiger partial charge on any atom is -0.310 e. The van der Waals surface area contributed by atoms with E-state index in [0.29, 0.717) is 6.04 Å². The van der Waals surface area contributed by atoms with E-state index in [2.05, 4.69) is 36.3 Å². The van der Waals surface area contributed by atoms with Gasteiger partial charge in [0.05, 0.1) is 6.20 Å². The molecule has 0 saturated carbocycles. The van der Waals surface area contributed by atoms with Crippen LogP contribution < -0.4 is 5.32 Å². The first-order chi connectivity index (χ1) is 7.27. The Labute approximate surface area is 92.3 Å². The van der Waals surface area contributed by atoms with E-state index in [9.17, 15) is 0 Å². The van der Waals surface area contributed by atoms with Crippen LogP contribution in [0.2, 0.25) is 0 Å². The van der Waals surface area contributed by atoms with Crippen molar-refractivity contribution in [3.63, 3.8) is 0 Å². The summed E-state index contributed by atoms with van der Waals surface area (Å²) in [5, 5.41) is 11.2. The number of hydrogen-bond donors (Lipinski definition) is 1. The molecule has 0 aliphatic carbocycles. The van der Waals surface area contributed by atoms with Crippen LogP contribution in [0, 0.1) is 5.92 Å². The van der Waals surface area contributed by atoms with Crippen molar-refractivity contribution < 1.29 is 0 Å². The Balaban J connectivity index is 2.65. The summed E-state index contributed by atoms with van der Waals surface area (Å²) in [6.45, 7) is 7.65. The van der Waals surface area contributed by atoms with Crippen molar-refractivity contribution in [3.8, 4) is 0 Å². The van der Waals surface area contributed by atoms with E-state index in [4.69, 9.17) is 0 Å². The third-order valence-electron chi connectivity index (χ3n) is 2.80. The van der Waals surface area contributed by atoms with Crippen LogP contribution in [-0.4, -0.2) is 16.7 Å². The molecular weight excluding hydrogens is 186 g/mol. The van der Waals surface area contributed by atoms with Gasteiger partial charge in [-0.2, -0.15) is 10.2 Å². The Morgan fingerprint density at radius 1 is 1.33 bits per heavy atom. The van der Waals surface area contributed by atoms with Gasteiger partial charge in [0.2, 0.25) is 0 Å². The largest absolute Gasteiger partial charge is 0.310 e. The minimum atomic E-state index is 0.417. The SMILES string of the molecule is CCNC(CC(C)CC)c1ccnnc1. The van der Waals surface area contributed by atoms with Crippen molar-refractivity contribution >= 4 is 0 Å². The Morgan fingerprint density at radius 3 is 2.67 bits per heavy atom. The highest BCUT2D eigenvalue weighted by Gasteiger charge is 2.13. The summed E-state index contributed by atoms with van der Waals surface area (Å²) in [6, 6.07) is 2.46. The predicted molar refractivity (Wildman–Crippen MR) is 62.5 cm³/mol. The zero-order valence-corrected chi connectivity index (χ0v) is 9.90. The molecule has 3 nitrogen and oxygen atoms in total. The molecule has 0 amide bonds. The summed E-state index contributed by atoms with van der Waals surface area (Å²) >= 11 is 0. The van der Waals surface area contributed by atoms with Gasteiger partial charge in [-0.05, 0) is 30.5 Å². The Hall–Kier alpha value is -0.960. The molecule has 0 bridgehead atoms. The van der Waals surface area contributed by atoms with Gasteiger partial charge in [0.15, 0.2) is 0 Å². The molecule has 0 spiro atoms. The molecule has 1 rings (SSSR count). The van der Waals surface area contributed by atoms with Gasteiger partial charge < -0.3 is 5.32 Å². The Kier molecular flexibility index (Phi) is 5.26. The standard InChI is InChI=1S/C12H21N3/c1-4-10(3)8-12(13-5-2)11-6-7-14-15-9-11/h6-7,9-10,12-13H,4-5,8H2,1-3H3. The number of rotatable bonds is 6. The van der Waals surface area contributed by atoms with Crippen LogP contribution in [0.4, 0.5) is 0 Å². The van der Waals surface area contributed by atoms with E-state index in [1.165, 1.54) is 12.0 Å². The number of aromatic nitrogens is 2. The molecule has 2 unspecified atom stereocenters. The van der Waals surface area contributed by atoms with Gasteiger partial charge in [-0.1, -0.05) is 27.2 Å². The van der Waals surface area contributed by atoms with Crippen molar-refractivity contribution in [2.24, 2.45) is 5.92 Å². The quantitative estimate of drug-likeness (QED) is 0.779. The van der Waals surface area contributed by atoms with Crippen LogP contribution in [0.3, 0.4) is 0 Å². The maximum absolute atomic E-state index is 3.93. The van der Waals surface area contributed by atoms with Crippen LogP contribution in [-0.2, 0) is 0 Å². The lowest BCUT2D eigenvalue weighted by Gasteiger charge is -2.20. The molecule has 0 radical (unpaired) electrons. The molecule has 0 aromatic carbocycles. The summed E-state index contributed by atoms with van der Waals surface area (Å²) in [6.07, 6.45) is 6.00. The van der Waals surface area contributed by atoms with Crippen LogP contribution in [0.25, 0.3) is 0 Å². The van der Waals surface area contributed by atoms with Crippen LogP contribution in [0.5, 0.6) is 0 Å². The van der Waals surface area contributed by atoms with Gasteiger partial charge >= 0.3 is 0 Å². The summed E-state index contributed by atoms with van der Waals surface area (Å²) in [4.78, 5) is 0. The zero-order chi connectivity index (χ0) is 11.1. The second-order valence-corrected chi connectivity index (χ2v) is 4.04. The fraction of sp³-hybridized carbons (Fsp3) is 0.667. The molecule has 1 heterocycles. The van der Waals surface area contributed by atoms with E-state index in [-0.39, 0.29) is 0 Å². The average Bonchev–Trinajstić information content (AvgIpc) is 2.29. The van der Waals surface area contributed by atoms with Crippen molar-refractivity contribution in [3.05, 3.63) is 24.0 Å². The van der Waals surface area contributed by atoms with Gasteiger partial charge in [-0.15, -0.1) is 0 Å². The topological polar surface area (TPSA) is 37.8 Å². The van der Waals surface area contributed by atoms with Crippen LogP contribution >= 0.6 is 0 Å². The molecule has 15 heavy (non-hydrogen) atoms. The van der Waals surface area contributed by atoms with Gasteiger partial charge in [0.1, 0.15) is 0 Å². The molecule has 0 aliphatic rings. The van der Waals surface area contributed by atoms with E-state index >= 15 is 0 Å². The molecule has 0 fully saturated rings. The summed E-state index contributed by atoms with van der Waals surface area (Å²) < 4.78 is 0. The smallest absolute Gasteiger partial charge is 0.0544 e. The highest BCUT2D eigenvalue weighted by atomic mass is 15.1. The maximum atomic E-state index is 3.93. The normalized spacial score (nSPS) is 14.9. The molecular formula is C12H21N3. The fourth-order valence-corrected chi connectivity index (χ4v) is 1.66. The first kappa shape index (κ1) is 12.1. The molecule has 1 N–H and O–H groups in total. The number of nitrogens with one attached hydrogen (secondary N) is 1. The van der Waals surface area contributed by atoms with Crippen molar-refractivity contribution in [2.75, 3.05) is 6.54 Å². The minimum absolute atomic E-state index is 0.417. The summed E-state index contributed by atoms with van der Waals surface area (Å²) in [5.41, 5.74) is 1.24. The second kappa shape index (κ2) is 6.51. The van der Waals surface area contributed by atoms with Crippen LogP contribution in [0.1, 0.15) is 45.2 Å². The number of hydrogen-bond acceptors (Lipinski definition) is 3. The second-order valence-electron chi connectivity index (χ2n) is 4.04. The van der Waals surface area contributed by atoms with Gasteiger partial charge in [0.25, 0.3) is 0 Å². The summed E-state index contributed by atoms with van der Waals surface area (Å²) in [7, 11) is 0. The fourth-order valence-electron chi connectivity index (χ4n) is 1.66. The van der Waals surface area contributed by atoms with Crippen LogP contribution in [0.15, 0.2) is 18.5 Å². The highest BCUT2D eigenvalue weighted by Crippen LogP contribution is 2.21. The van der Waals surface area contributed by atoms with Gasteiger partial charge in [0, 0.05) is 12.2 Å². The van der Waals surface area contributed by atoms with E-state index < -0.39 is 0 Å². The van der Waals surface area contributed by atoms with Crippen molar-refractivity contribution in [1.82, 2.24) is 15.5 Å². The predicted octanol–water partition coefficient (Wildman–Crippen LogP) is 2.56. The third-order valence-corrected chi connectivity index (χ3v) is 2.80. The first-order valence-electron chi connectivity index (χ1n) is 5.77. The maximum Gasteiger partial charge on any atom is 0.0544 e. The van der Waals surface area contributed by atoms with E-state index in [0.717, 1.165) is 18.9 Å². The summed E-state index contributed by atoms with van der Waals surface area (Å²) in [5.74, 6) is 0.738. The lowest BCUT2D eigenvalue weighted by Crippen LogP contribution is -2.23. The molecule has 0 saturated heterocycles. The lowest BCUT2D eigenvalue weighted by atomic mass is 9.95. The molecule has 1 aromatic rings. The van der Waals surface area contributed by atoms with E-state index in [1.54, 1.807) is 6.20 Å². The first-order valence-corrected chi connectivity index (χ1v) is 5.77. The van der Waals surface area contributed by atoms with E-state index in [1.807, 2.05) is 12.3 Å². The molecule has 0 aliphatic heterocycles. The Morgan fingerprint density at radius 2 is 2.13 bits per heavy atom. The number of nitrogens with zero attached hydrogens (tertiary/aromatic N) is 2. The highest BCUT2D eigenvalue weighted by molar-refractivity contribution is 5.11. The average molecular weight is 207 g/mol. The molecule has 84 valence electrons. The zero-order valence-electron chi connectivity index (χ0n) is 9.90. The lowest BCUT2D eigenvalue weighted by molar-refractivity contribution is 0.407. The third kappa shape index (κ3) is 3.96. The molecule has 2 atom stereocenters. The van der Waals surface area contributed by atoms with Crippen molar-refractivity contribution in [1.29, 1.82) is 0 Å². The monoisotopic (exact) mass is 207 g/mol. The van der Waals surface area contributed by atoms with Gasteiger partial charge in [-0.25, -0.2) is 0 Å². The molecule has 1 aromatic heterocycles. The molecule has 3 heteroatoms. The van der Waals surface area contributed by atoms with Crippen molar-refractivity contribution in [2.45, 2.75) is 39.7 Å². The Bertz CT molecular complexity index is 261.